The van der Waals surface area contributed by atoms with E-state index in [0.717, 1.165) is 22.8 Å². The molecular weight excluding hydrogens is 373 g/mol. The SMILES string of the molecule is COc1ccc(-c2cnc3n2CCN(C(=O)c2ccc(F)cc2OC)CC3)cc1. The molecule has 150 valence electrons. The summed E-state index contributed by atoms with van der Waals surface area (Å²) in [6, 6.07) is 11.8. The van der Waals surface area contributed by atoms with Gasteiger partial charge in [-0.05, 0) is 36.4 Å². The molecule has 0 N–H and O–H groups in total. The van der Waals surface area contributed by atoms with Crippen LogP contribution >= 0.6 is 0 Å². The van der Waals surface area contributed by atoms with Gasteiger partial charge in [0.15, 0.2) is 0 Å². The molecule has 7 heteroatoms. The zero-order valence-electron chi connectivity index (χ0n) is 16.4. The van der Waals surface area contributed by atoms with Gasteiger partial charge in [-0.1, -0.05) is 0 Å². The number of methoxy groups -OCH3 is 2. The molecule has 0 atom stereocenters. The van der Waals surface area contributed by atoms with E-state index in [1.807, 2.05) is 30.5 Å². The molecule has 6 nitrogen and oxygen atoms in total. The zero-order chi connectivity index (χ0) is 20.4. The number of rotatable bonds is 4. The van der Waals surface area contributed by atoms with Crippen LogP contribution in [0, 0.1) is 5.82 Å². The van der Waals surface area contributed by atoms with Crippen molar-refractivity contribution < 1.29 is 18.7 Å². The fourth-order valence-corrected chi connectivity index (χ4v) is 3.64. The first kappa shape index (κ1) is 19.0. The molecule has 2 aromatic carbocycles. The van der Waals surface area contributed by atoms with Crippen LogP contribution in [0.5, 0.6) is 11.5 Å². The van der Waals surface area contributed by atoms with Crippen molar-refractivity contribution in [1.82, 2.24) is 14.5 Å². The molecule has 29 heavy (non-hydrogen) atoms. The lowest BCUT2D eigenvalue weighted by Gasteiger charge is -2.21. The van der Waals surface area contributed by atoms with Crippen LogP contribution in [-0.2, 0) is 13.0 Å². The van der Waals surface area contributed by atoms with E-state index in [0.29, 0.717) is 31.6 Å². The summed E-state index contributed by atoms with van der Waals surface area (Å²) in [5, 5.41) is 0. The number of hydrogen-bond donors (Lipinski definition) is 0. The average molecular weight is 395 g/mol. The van der Waals surface area contributed by atoms with E-state index >= 15 is 0 Å². The summed E-state index contributed by atoms with van der Waals surface area (Å²) in [6.45, 7) is 1.70. The highest BCUT2D eigenvalue weighted by Crippen LogP contribution is 2.26. The molecule has 0 fully saturated rings. The number of benzene rings is 2. The third-order valence-electron chi connectivity index (χ3n) is 5.20. The summed E-state index contributed by atoms with van der Waals surface area (Å²) >= 11 is 0. The number of nitrogens with zero attached hydrogens (tertiary/aromatic N) is 3. The van der Waals surface area contributed by atoms with Crippen molar-refractivity contribution in [3.05, 3.63) is 65.9 Å². The van der Waals surface area contributed by atoms with E-state index in [2.05, 4.69) is 9.55 Å². The lowest BCUT2D eigenvalue weighted by Crippen LogP contribution is -2.34. The summed E-state index contributed by atoms with van der Waals surface area (Å²) < 4.78 is 26.0. The number of carbonyl (C=O) groups is 1. The van der Waals surface area contributed by atoms with Gasteiger partial charge in [0.1, 0.15) is 23.1 Å². The Morgan fingerprint density at radius 3 is 2.55 bits per heavy atom. The Kier molecular flexibility index (Phi) is 5.20. The summed E-state index contributed by atoms with van der Waals surface area (Å²) in [6.07, 6.45) is 2.52. The molecule has 3 aromatic rings. The Labute approximate surface area is 168 Å². The van der Waals surface area contributed by atoms with Crippen molar-refractivity contribution in [2.75, 3.05) is 27.3 Å². The third kappa shape index (κ3) is 3.68. The molecule has 0 bridgehead atoms. The van der Waals surface area contributed by atoms with Crippen LogP contribution in [0.15, 0.2) is 48.7 Å². The molecule has 0 unspecified atom stereocenters. The standard InChI is InChI=1S/C22H22FN3O3/c1-28-17-6-3-15(4-7-17)19-14-24-21-9-10-25(11-12-26(19)21)22(27)18-8-5-16(23)13-20(18)29-2/h3-8,13-14H,9-12H2,1-2H3. The predicted octanol–water partition coefficient (Wildman–Crippen LogP) is 3.40. The van der Waals surface area contributed by atoms with Crippen LogP contribution < -0.4 is 9.47 Å². The summed E-state index contributed by atoms with van der Waals surface area (Å²) in [4.78, 5) is 19.4. The Morgan fingerprint density at radius 1 is 1.03 bits per heavy atom. The van der Waals surface area contributed by atoms with Gasteiger partial charge in [0, 0.05) is 37.7 Å². The smallest absolute Gasteiger partial charge is 0.257 e. The van der Waals surface area contributed by atoms with Crippen molar-refractivity contribution in [3.8, 4) is 22.8 Å². The minimum atomic E-state index is -0.432. The fraction of sp³-hybridized carbons (Fsp3) is 0.273. The first-order valence-corrected chi connectivity index (χ1v) is 9.42. The summed E-state index contributed by atoms with van der Waals surface area (Å²) in [7, 11) is 3.08. The first-order chi connectivity index (χ1) is 14.1. The van der Waals surface area contributed by atoms with Crippen molar-refractivity contribution in [2.24, 2.45) is 0 Å². The van der Waals surface area contributed by atoms with E-state index in [-0.39, 0.29) is 11.7 Å². The van der Waals surface area contributed by atoms with E-state index in [9.17, 15) is 9.18 Å². The molecule has 4 rings (SSSR count). The van der Waals surface area contributed by atoms with Crippen molar-refractivity contribution in [3.63, 3.8) is 0 Å². The van der Waals surface area contributed by atoms with E-state index in [1.54, 1.807) is 12.0 Å². The molecule has 1 aliphatic heterocycles. The van der Waals surface area contributed by atoms with Gasteiger partial charge in [-0.2, -0.15) is 0 Å². The molecule has 0 saturated heterocycles. The van der Waals surface area contributed by atoms with E-state index in [1.165, 1.54) is 25.3 Å². The van der Waals surface area contributed by atoms with Crippen LogP contribution in [0.1, 0.15) is 16.2 Å². The highest BCUT2D eigenvalue weighted by Gasteiger charge is 2.24. The largest absolute Gasteiger partial charge is 0.497 e. The number of fused-ring (bicyclic) bond motifs is 1. The summed E-state index contributed by atoms with van der Waals surface area (Å²) in [5.74, 6) is 1.39. The topological polar surface area (TPSA) is 56.6 Å². The monoisotopic (exact) mass is 395 g/mol. The quantitative estimate of drug-likeness (QED) is 0.679. The van der Waals surface area contributed by atoms with Crippen molar-refractivity contribution in [1.29, 1.82) is 0 Å². The number of carbonyl (C=O) groups excluding carboxylic acids is 1. The van der Waals surface area contributed by atoms with Gasteiger partial charge in [0.05, 0.1) is 31.7 Å². The highest BCUT2D eigenvalue weighted by atomic mass is 19.1. The molecule has 1 aliphatic rings. The maximum Gasteiger partial charge on any atom is 0.257 e. The van der Waals surface area contributed by atoms with Gasteiger partial charge in [0.25, 0.3) is 5.91 Å². The number of aromatic nitrogens is 2. The van der Waals surface area contributed by atoms with Gasteiger partial charge >= 0.3 is 0 Å². The number of ether oxygens (including phenoxy) is 2. The Morgan fingerprint density at radius 2 is 1.83 bits per heavy atom. The maximum absolute atomic E-state index is 13.5. The molecule has 0 radical (unpaired) electrons. The number of amides is 1. The Hall–Kier alpha value is -3.35. The molecule has 1 amide bonds. The minimum Gasteiger partial charge on any atom is -0.497 e. The second kappa shape index (κ2) is 7.95. The first-order valence-electron chi connectivity index (χ1n) is 9.42. The average Bonchev–Trinajstić information content (AvgIpc) is 3.04. The number of hydrogen-bond acceptors (Lipinski definition) is 4. The second-order valence-electron chi connectivity index (χ2n) is 6.83. The second-order valence-corrected chi connectivity index (χ2v) is 6.83. The van der Waals surface area contributed by atoms with Crippen molar-refractivity contribution in [2.45, 2.75) is 13.0 Å². The lowest BCUT2D eigenvalue weighted by molar-refractivity contribution is 0.0755. The molecule has 2 heterocycles. The number of imidazole rings is 1. The van der Waals surface area contributed by atoms with E-state index < -0.39 is 5.82 Å². The normalized spacial score (nSPS) is 13.6. The van der Waals surface area contributed by atoms with Gasteiger partial charge < -0.3 is 18.9 Å². The predicted molar refractivity (Wildman–Crippen MR) is 107 cm³/mol. The van der Waals surface area contributed by atoms with Gasteiger partial charge in [-0.25, -0.2) is 9.37 Å². The highest BCUT2D eigenvalue weighted by molar-refractivity contribution is 5.97. The molecule has 1 aromatic heterocycles. The molecular formula is C22H22FN3O3. The maximum atomic E-state index is 13.5. The minimum absolute atomic E-state index is 0.168. The summed E-state index contributed by atoms with van der Waals surface area (Å²) in [5.41, 5.74) is 2.42. The van der Waals surface area contributed by atoms with Crippen LogP contribution in [0.3, 0.4) is 0 Å². The van der Waals surface area contributed by atoms with Gasteiger partial charge in [-0.15, -0.1) is 0 Å². The molecule has 0 aliphatic carbocycles. The van der Waals surface area contributed by atoms with Crippen LogP contribution in [-0.4, -0.2) is 47.7 Å². The van der Waals surface area contributed by atoms with Crippen LogP contribution in [0.25, 0.3) is 11.3 Å². The number of halogens is 1. The van der Waals surface area contributed by atoms with Gasteiger partial charge in [-0.3, -0.25) is 4.79 Å². The van der Waals surface area contributed by atoms with Crippen LogP contribution in [0.2, 0.25) is 0 Å². The van der Waals surface area contributed by atoms with Crippen molar-refractivity contribution >= 4 is 5.91 Å². The zero-order valence-corrected chi connectivity index (χ0v) is 16.4. The fourth-order valence-electron chi connectivity index (χ4n) is 3.64. The van der Waals surface area contributed by atoms with Gasteiger partial charge in [0.2, 0.25) is 0 Å². The van der Waals surface area contributed by atoms with E-state index in [4.69, 9.17) is 9.47 Å². The van der Waals surface area contributed by atoms with Crippen LogP contribution in [0.4, 0.5) is 4.39 Å². The molecule has 0 spiro atoms. The lowest BCUT2D eigenvalue weighted by atomic mass is 10.1. The third-order valence-corrected chi connectivity index (χ3v) is 5.20. The molecule has 0 saturated carbocycles. The Balaban J connectivity index is 1.56. The Bertz CT molecular complexity index is 1030.